The second kappa shape index (κ2) is 10.2. The molecule has 1 atom stereocenters. The van der Waals surface area contributed by atoms with E-state index >= 15 is 0 Å². The van der Waals surface area contributed by atoms with E-state index in [2.05, 4.69) is 29.6 Å². The van der Waals surface area contributed by atoms with Crippen LogP contribution in [0.15, 0.2) is 60.7 Å². The van der Waals surface area contributed by atoms with Gasteiger partial charge in [0.15, 0.2) is 6.10 Å². The van der Waals surface area contributed by atoms with Crippen LogP contribution in [0.3, 0.4) is 0 Å². The molecular weight excluding hydrogens is 386 g/mol. The number of benzene rings is 3. The van der Waals surface area contributed by atoms with Crippen LogP contribution in [0.4, 0.5) is 5.69 Å². The van der Waals surface area contributed by atoms with E-state index in [1.54, 1.807) is 6.92 Å². The number of carboxylic acid groups (broad SMARTS) is 1. The number of hydrogen-bond acceptors (Lipinski definition) is 5. The lowest BCUT2D eigenvalue weighted by Gasteiger charge is -2.13. The molecule has 0 fully saturated rings. The van der Waals surface area contributed by atoms with Crippen LogP contribution in [-0.2, 0) is 22.5 Å². The number of fused-ring (bicyclic) bond motifs is 1. The number of nitrogens with one attached hydrogen (secondary N) is 1. The summed E-state index contributed by atoms with van der Waals surface area (Å²) in [6.45, 7) is 2.88. The van der Waals surface area contributed by atoms with Gasteiger partial charge in [0, 0.05) is 31.5 Å². The second-order valence-corrected chi connectivity index (χ2v) is 7.13. The van der Waals surface area contributed by atoms with Crippen molar-refractivity contribution in [1.29, 1.82) is 0 Å². The van der Waals surface area contributed by atoms with Gasteiger partial charge in [-0.25, -0.2) is 4.79 Å². The highest BCUT2D eigenvalue weighted by atomic mass is 32.2. The van der Waals surface area contributed by atoms with E-state index in [0.29, 0.717) is 19.6 Å². The maximum absolute atomic E-state index is 11.2. The highest BCUT2D eigenvalue weighted by Crippen LogP contribution is 2.24. The van der Waals surface area contributed by atoms with Crippen LogP contribution in [0, 0.1) is 0 Å². The largest absolute Gasteiger partial charge is 0.479 e. The summed E-state index contributed by atoms with van der Waals surface area (Å²) in [5.74, 6) is -0.0806. The van der Waals surface area contributed by atoms with Crippen LogP contribution in [0.2, 0.25) is 0 Å². The third-order valence-corrected chi connectivity index (χ3v) is 4.93. The Bertz CT molecular complexity index is 959. The van der Waals surface area contributed by atoms with Gasteiger partial charge >= 0.3 is 5.97 Å². The number of hydrogen-bond donors (Lipinski definition) is 2. The van der Waals surface area contributed by atoms with Gasteiger partial charge in [-0.3, -0.25) is 0 Å². The Balaban J connectivity index is 1.60. The Kier molecular flexibility index (Phi) is 7.38. The van der Waals surface area contributed by atoms with Crippen LogP contribution in [0.25, 0.3) is 10.8 Å². The molecule has 0 aromatic heterocycles. The SMILES string of the molecule is CCOC(Cc1ccc(NCc2ccc3cc(OSC)ccc3c2)cc1)C(=O)O. The van der Waals surface area contributed by atoms with E-state index in [1.165, 1.54) is 23.0 Å². The van der Waals surface area contributed by atoms with Crippen LogP contribution >= 0.6 is 12.0 Å². The van der Waals surface area contributed by atoms with Gasteiger partial charge in [-0.15, -0.1) is 0 Å². The first kappa shape index (κ1) is 21.0. The van der Waals surface area contributed by atoms with Crippen molar-refractivity contribution < 1.29 is 18.8 Å². The van der Waals surface area contributed by atoms with Crippen molar-refractivity contribution in [3.63, 3.8) is 0 Å². The molecule has 6 heteroatoms. The molecular formula is C23H25NO4S. The molecule has 1 unspecified atom stereocenters. The van der Waals surface area contributed by atoms with Crippen molar-refractivity contribution in [3.05, 3.63) is 71.8 Å². The van der Waals surface area contributed by atoms with E-state index in [9.17, 15) is 9.90 Å². The predicted octanol–water partition coefficient (Wildman–Crippen LogP) is 5.14. The zero-order valence-electron chi connectivity index (χ0n) is 16.6. The molecule has 2 N–H and O–H groups in total. The third kappa shape index (κ3) is 5.89. The van der Waals surface area contributed by atoms with Gasteiger partial charge in [-0.1, -0.05) is 30.3 Å². The molecule has 0 radical (unpaired) electrons. The van der Waals surface area contributed by atoms with Crippen LogP contribution in [-0.4, -0.2) is 30.0 Å². The Morgan fingerprint density at radius 2 is 1.72 bits per heavy atom. The van der Waals surface area contributed by atoms with Crippen molar-refractivity contribution in [1.82, 2.24) is 0 Å². The second-order valence-electron chi connectivity index (χ2n) is 6.63. The molecule has 0 heterocycles. The normalized spacial score (nSPS) is 11.9. The summed E-state index contributed by atoms with van der Waals surface area (Å²) in [6, 6.07) is 20.2. The highest BCUT2D eigenvalue weighted by molar-refractivity contribution is 7.94. The summed E-state index contributed by atoms with van der Waals surface area (Å²) in [4.78, 5) is 11.2. The number of aliphatic carboxylic acids is 1. The molecule has 3 aromatic carbocycles. The maximum atomic E-state index is 11.2. The van der Waals surface area contributed by atoms with Crippen molar-refractivity contribution in [2.45, 2.75) is 26.0 Å². The van der Waals surface area contributed by atoms with Gasteiger partial charge < -0.3 is 19.3 Å². The highest BCUT2D eigenvalue weighted by Gasteiger charge is 2.17. The number of carbonyl (C=O) groups is 1. The first-order valence-electron chi connectivity index (χ1n) is 9.49. The molecule has 0 bridgehead atoms. The molecule has 0 aliphatic heterocycles. The molecule has 3 aromatic rings. The number of ether oxygens (including phenoxy) is 1. The van der Waals surface area contributed by atoms with Crippen molar-refractivity contribution >= 4 is 34.5 Å². The lowest BCUT2D eigenvalue weighted by Crippen LogP contribution is -2.26. The van der Waals surface area contributed by atoms with E-state index in [1.807, 2.05) is 42.7 Å². The molecule has 152 valence electrons. The molecule has 0 amide bonds. The fraction of sp³-hybridized carbons (Fsp3) is 0.261. The molecule has 5 nitrogen and oxygen atoms in total. The Labute approximate surface area is 175 Å². The van der Waals surface area contributed by atoms with Gasteiger partial charge in [0.25, 0.3) is 0 Å². The third-order valence-electron chi connectivity index (χ3n) is 4.57. The minimum Gasteiger partial charge on any atom is -0.479 e. The minimum absolute atomic E-state index is 0.358. The average Bonchev–Trinajstić information content (AvgIpc) is 2.73. The molecule has 0 saturated heterocycles. The smallest absolute Gasteiger partial charge is 0.333 e. The summed E-state index contributed by atoms with van der Waals surface area (Å²) in [6.07, 6.45) is 1.45. The topological polar surface area (TPSA) is 67.8 Å². The number of anilines is 1. The number of carboxylic acids is 1. The van der Waals surface area contributed by atoms with E-state index in [4.69, 9.17) is 8.92 Å². The zero-order valence-corrected chi connectivity index (χ0v) is 17.4. The fourth-order valence-corrected chi connectivity index (χ4v) is 3.42. The van der Waals surface area contributed by atoms with Gasteiger partial charge in [-0.2, -0.15) is 0 Å². The summed E-state index contributed by atoms with van der Waals surface area (Å²) in [5, 5.41) is 14.9. The predicted molar refractivity (Wildman–Crippen MR) is 119 cm³/mol. The van der Waals surface area contributed by atoms with Crippen molar-refractivity contribution in [3.8, 4) is 5.75 Å². The van der Waals surface area contributed by atoms with Crippen LogP contribution in [0.1, 0.15) is 18.1 Å². The lowest BCUT2D eigenvalue weighted by molar-refractivity contribution is -0.149. The molecule has 3 rings (SSSR count). The summed E-state index contributed by atoms with van der Waals surface area (Å²) < 4.78 is 10.7. The zero-order chi connectivity index (χ0) is 20.6. The molecule has 0 saturated carbocycles. The van der Waals surface area contributed by atoms with Gasteiger partial charge in [-0.05, 0) is 59.2 Å². The van der Waals surface area contributed by atoms with E-state index in [0.717, 1.165) is 22.4 Å². The first-order valence-corrected chi connectivity index (χ1v) is 10.6. The van der Waals surface area contributed by atoms with E-state index in [-0.39, 0.29) is 0 Å². The quantitative estimate of drug-likeness (QED) is 0.450. The summed E-state index contributed by atoms with van der Waals surface area (Å²) in [7, 11) is 0. The van der Waals surface area contributed by atoms with Crippen molar-refractivity contribution in [2.24, 2.45) is 0 Å². The summed E-state index contributed by atoms with van der Waals surface area (Å²) in [5.41, 5.74) is 3.11. The molecule has 29 heavy (non-hydrogen) atoms. The van der Waals surface area contributed by atoms with Crippen LogP contribution in [0.5, 0.6) is 5.75 Å². The molecule has 0 aliphatic carbocycles. The number of rotatable bonds is 10. The maximum Gasteiger partial charge on any atom is 0.333 e. The fourth-order valence-electron chi connectivity index (χ4n) is 3.13. The standard InChI is InChI=1S/C23H25NO4S/c1-3-27-22(23(25)26)13-16-5-9-20(10-6-16)24-15-17-4-7-19-14-21(28-29-2)11-8-18(19)12-17/h4-12,14,22,24H,3,13,15H2,1-2H3,(H,25,26). The lowest BCUT2D eigenvalue weighted by atomic mass is 10.1. The Morgan fingerprint density at radius 3 is 2.41 bits per heavy atom. The summed E-state index contributed by atoms with van der Waals surface area (Å²) >= 11 is 1.33. The first-order chi connectivity index (χ1) is 14.1. The van der Waals surface area contributed by atoms with Gasteiger partial charge in [0.1, 0.15) is 5.75 Å². The average molecular weight is 412 g/mol. The van der Waals surface area contributed by atoms with Gasteiger partial charge in [0.05, 0.1) is 12.0 Å². The Morgan fingerprint density at radius 1 is 1.03 bits per heavy atom. The van der Waals surface area contributed by atoms with E-state index < -0.39 is 12.1 Å². The van der Waals surface area contributed by atoms with Crippen molar-refractivity contribution in [2.75, 3.05) is 18.2 Å². The molecule has 0 aliphatic rings. The molecule has 0 spiro atoms. The monoisotopic (exact) mass is 411 g/mol. The minimum atomic E-state index is -0.933. The van der Waals surface area contributed by atoms with Gasteiger partial charge in [0.2, 0.25) is 0 Å². The Hall–Kier alpha value is -2.70. The van der Waals surface area contributed by atoms with Crippen LogP contribution < -0.4 is 9.50 Å².